The third kappa shape index (κ3) is 3.88. The Kier molecular flexibility index (Phi) is 5.22. The summed E-state index contributed by atoms with van der Waals surface area (Å²) in [6, 6.07) is 10.4. The number of hydrogen-bond donors (Lipinski definition) is 3. The largest absolute Gasteiger partial charge is 0.505 e. The lowest BCUT2D eigenvalue weighted by Crippen LogP contribution is -2.37. The summed E-state index contributed by atoms with van der Waals surface area (Å²) < 4.78 is 13.3. The molecule has 3 aromatic rings. The Morgan fingerprint density at radius 2 is 1.74 bits per heavy atom. The van der Waals surface area contributed by atoms with Crippen LogP contribution in [0.5, 0.6) is 5.75 Å². The van der Waals surface area contributed by atoms with Crippen molar-refractivity contribution in [3.63, 3.8) is 0 Å². The van der Waals surface area contributed by atoms with Crippen molar-refractivity contribution in [1.29, 1.82) is 0 Å². The van der Waals surface area contributed by atoms with Gasteiger partial charge in [0.1, 0.15) is 17.2 Å². The number of rotatable bonds is 7. The monoisotopic (exact) mass is 427 g/mol. The lowest BCUT2D eigenvalue weighted by atomic mass is 10.0. The number of anilines is 3. The Morgan fingerprint density at radius 3 is 2.35 bits per heavy atom. The second-order valence-corrected chi connectivity index (χ2v) is 7.95. The van der Waals surface area contributed by atoms with Gasteiger partial charge in [-0.25, -0.2) is 4.39 Å². The van der Waals surface area contributed by atoms with Gasteiger partial charge in [0.15, 0.2) is 5.75 Å². The molecule has 3 aromatic carbocycles. The lowest BCUT2D eigenvalue weighted by molar-refractivity contribution is 0.0824. The Bertz CT molecular complexity index is 1220. The first-order valence-corrected chi connectivity index (χ1v) is 9.94. The molecule has 4 rings (SSSR count). The first kappa shape index (κ1) is 20.6. The molecule has 1 amide bonds. The van der Waals surface area contributed by atoms with Gasteiger partial charge in [0.2, 0.25) is 0 Å². The van der Waals surface area contributed by atoms with Crippen LogP contribution in [0, 0.1) is 11.7 Å². The second kappa shape index (κ2) is 7.86. The fourth-order valence-electron chi connectivity index (χ4n) is 3.57. The Balaban J connectivity index is 0.00000193. The molecule has 1 fully saturated rings. The first-order valence-electron chi connectivity index (χ1n) is 9.94. The Hall–Kier alpha value is -3.68. The minimum Gasteiger partial charge on any atom is -0.505 e. The van der Waals surface area contributed by atoms with Gasteiger partial charge in [-0.1, -0.05) is 18.2 Å². The van der Waals surface area contributed by atoms with Gasteiger partial charge in [-0.2, -0.15) is 0 Å². The van der Waals surface area contributed by atoms with E-state index in [4.69, 9.17) is 0 Å². The first-order chi connectivity index (χ1) is 14.8. The summed E-state index contributed by atoms with van der Waals surface area (Å²) in [5.74, 6) is -0.776. The van der Waals surface area contributed by atoms with Crippen LogP contribution in [0.25, 0.3) is 0 Å². The summed E-state index contributed by atoms with van der Waals surface area (Å²) in [5.41, 5.74) is -0.171. The number of carbonyl (C=O) groups excluding carboxylic acids is 1. The quantitative estimate of drug-likeness (QED) is 0.393. The number of amides is 1. The molecule has 0 radical (unpaired) electrons. The molecule has 0 bridgehead atoms. The summed E-state index contributed by atoms with van der Waals surface area (Å²) in [6.07, 6.45) is 1.92. The Morgan fingerprint density at radius 1 is 1.10 bits per heavy atom. The van der Waals surface area contributed by atoms with Crippen LogP contribution < -0.4 is 21.5 Å². The molecule has 1 saturated carbocycles. The smallest absolute Gasteiger partial charge is 0.257 e. The molecule has 0 spiro atoms. The van der Waals surface area contributed by atoms with Crippen molar-refractivity contribution in [3.8, 4) is 5.75 Å². The van der Waals surface area contributed by atoms with Crippen molar-refractivity contribution in [2.24, 2.45) is 5.92 Å². The fraction of sp³-hybridized carbons (Fsp3) is 0.261. The van der Waals surface area contributed by atoms with Crippen LogP contribution in [0.3, 0.4) is 0 Å². The van der Waals surface area contributed by atoms with Crippen molar-refractivity contribution in [1.82, 2.24) is 4.90 Å². The molecule has 1 aliphatic rings. The highest BCUT2D eigenvalue weighted by Gasteiger charge is 2.35. The van der Waals surface area contributed by atoms with E-state index in [1.807, 2.05) is 0 Å². The van der Waals surface area contributed by atoms with Crippen LogP contribution in [0.1, 0.15) is 37.7 Å². The zero-order chi connectivity index (χ0) is 22.3. The minimum atomic E-state index is -0.708. The topological polar surface area (TPSA) is 98.7 Å². The molecule has 1 atom stereocenters. The number of nitrogens with one attached hydrogen (secondary N) is 2. The molecule has 0 aromatic heterocycles. The highest BCUT2D eigenvalue weighted by atomic mass is 19.1. The Labute approximate surface area is 180 Å². The zero-order valence-electron chi connectivity index (χ0n) is 17.1. The van der Waals surface area contributed by atoms with Crippen molar-refractivity contribution in [2.45, 2.75) is 18.9 Å². The van der Waals surface area contributed by atoms with E-state index in [0.717, 1.165) is 18.4 Å². The summed E-state index contributed by atoms with van der Waals surface area (Å²) in [4.78, 5) is 38.1. The van der Waals surface area contributed by atoms with E-state index in [-0.39, 0.29) is 49.0 Å². The molecule has 1 aliphatic carbocycles. The van der Waals surface area contributed by atoms with E-state index in [2.05, 4.69) is 10.6 Å². The summed E-state index contributed by atoms with van der Waals surface area (Å²) in [6.45, 7) is 0. The number of hydrogen-bond acceptors (Lipinski definition) is 6. The molecule has 0 saturated heterocycles. The van der Waals surface area contributed by atoms with Crippen LogP contribution in [0.15, 0.2) is 52.1 Å². The van der Waals surface area contributed by atoms with E-state index in [9.17, 15) is 23.9 Å². The summed E-state index contributed by atoms with van der Waals surface area (Å²) in [7, 11) is 3.13. The maximum Gasteiger partial charge on any atom is 0.257 e. The van der Waals surface area contributed by atoms with Gasteiger partial charge in [-0.05, 0) is 48.6 Å². The predicted molar refractivity (Wildman–Crippen MR) is 120 cm³/mol. The van der Waals surface area contributed by atoms with Crippen molar-refractivity contribution in [3.05, 3.63) is 79.9 Å². The van der Waals surface area contributed by atoms with Crippen LogP contribution in [-0.4, -0.2) is 30.0 Å². The van der Waals surface area contributed by atoms with E-state index in [1.165, 1.54) is 29.2 Å². The molecule has 0 heterocycles. The van der Waals surface area contributed by atoms with Gasteiger partial charge in [0.25, 0.3) is 16.8 Å². The number of aromatic hydroxyl groups is 1. The number of nitrogens with zero attached hydrogens (tertiary/aromatic N) is 1. The molecule has 7 nitrogen and oxygen atoms in total. The standard InChI is InChI=1S/C23H22FN3O4.2H2/c1-27(2)23(31)15-4-3-5-16(20(15)28)25-18-19(22(30)21(18)29)26-17(12-6-7-12)13-8-10-14(24)11-9-13;;/h3-5,8-12,17,25-26,28H,6-7H2,1-2H3;2*1H/t17-;;/m1../s1. The van der Waals surface area contributed by atoms with Crippen LogP contribution in [0.2, 0.25) is 0 Å². The molecule has 0 aliphatic heterocycles. The van der Waals surface area contributed by atoms with E-state index < -0.39 is 16.8 Å². The molecular formula is C23H26FN3O4. The number of carbonyl (C=O) groups is 1. The molecule has 164 valence electrons. The highest BCUT2D eigenvalue weighted by molar-refractivity contribution is 5.99. The number of para-hydroxylation sites is 1. The van der Waals surface area contributed by atoms with Gasteiger partial charge in [0.05, 0.1) is 17.3 Å². The number of phenols is 1. The number of phenolic OH excluding ortho intramolecular Hbond substituents is 1. The average molecular weight is 427 g/mol. The number of halogens is 1. The molecule has 8 heteroatoms. The molecule has 0 unspecified atom stereocenters. The van der Waals surface area contributed by atoms with Gasteiger partial charge in [-0.15, -0.1) is 0 Å². The van der Waals surface area contributed by atoms with E-state index in [0.29, 0.717) is 0 Å². The lowest BCUT2D eigenvalue weighted by Gasteiger charge is -2.23. The summed E-state index contributed by atoms with van der Waals surface area (Å²) in [5, 5.41) is 16.5. The van der Waals surface area contributed by atoms with E-state index in [1.54, 1.807) is 32.3 Å². The molecule has 31 heavy (non-hydrogen) atoms. The maximum atomic E-state index is 13.3. The average Bonchev–Trinajstić information content (AvgIpc) is 3.59. The van der Waals surface area contributed by atoms with Gasteiger partial charge >= 0.3 is 0 Å². The molecular weight excluding hydrogens is 401 g/mol. The normalized spacial score (nSPS) is 14.3. The predicted octanol–water partition coefficient (Wildman–Crippen LogP) is 3.63. The van der Waals surface area contributed by atoms with E-state index >= 15 is 0 Å². The van der Waals surface area contributed by atoms with Crippen molar-refractivity contribution in [2.75, 3.05) is 24.7 Å². The van der Waals surface area contributed by atoms with Crippen LogP contribution in [-0.2, 0) is 0 Å². The minimum absolute atomic E-state index is 0. The third-order valence-corrected chi connectivity index (χ3v) is 5.47. The highest BCUT2D eigenvalue weighted by Crippen LogP contribution is 2.43. The second-order valence-electron chi connectivity index (χ2n) is 7.95. The van der Waals surface area contributed by atoms with Crippen molar-refractivity contribution < 1.29 is 17.1 Å². The summed E-state index contributed by atoms with van der Waals surface area (Å²) >= 11 is 0. The van der Waals surface area contributed by atoms with Gasteiger partial charge in [-0.3, -0.25) is 14.4 Å². The van der Waals surface area contributed by atoms with Crippen LogP contribution in [0.4, 0.5) is 21.5 Å². The fourth-order valence-corrected chi connectivity index (χ4v) is 3.57. The SMILES string of the molecule is CN(C)C(=O)c1cccc(Nc2c(N[C@@H](c3ccc(F)cc3)C3CC3)c(=O)c2=O)c1O.[HH].[HH]. The number of benzene rings is 2. The van der Waals surface area contributed by atoms with Crippen molar-refractivity contribution >= 4 is 23.0 Å². The molecule has 3 N–H and O–H groups in total. The third-order valence-electron chi connectivity index (χ3n) is 5.47. The van der Waals surface area contributed by atoms with Crippen LogP contribution >= 0.6 is 0 Å². The van der Waals surface area contributed by atoms with Gasteiger partial charge < -0.3 is 20.6 Å². The van der Waals surface area contributed by atoms with Gasteiger partial charge in [0, 0.05) is 16.9 Å². The zero-order valence-corrected chi connectivity index (χ0v) is 17.1. The maximum absolute atomic E-state index is 13.3.